The highest BCUT2D eigenvalue weighted by Gasteiger charge is 2.30. The molecular formula is C31H33N5O5S. The Kier molecular flexibility index (Phi) is 8.24. The monoisotopic (exact) mass is 587 g/mol. The number of rotatable bonds is 7. The van der Waals surface area contributed by atoms with Gasteiger partial charge in [-0.05, 0) is 69.0 Å². The summed E-state index contributed by atoms with van der Waals surface area (Å²) in [6.07, 6.45) is 7.15. The molecule has 0 radical (unpaired) electrons. The Morgan fingerprint density at radius 2 is 1.52 bits per heavy atom. The standard InChI is InChI=1S/C31H33N5O5S/c1-31(2,3)41-30(38)34-26-14-17-36(18-15-26)42(39,40)27-11-8-23(9-12-27)22-4-6-24(7-5-22)29(37)25-10-13-28(33-20-25)35-19-16-32-21-35/h4-13,16,19-21,26H,14-15,17-18H2,1-3H3,(H,34,38). The first-order valence-corrected chi connectivity index (χ1v) is 15.1. The summed E-state index contributed by atoms with van der Waals surface area (Å²) in [7, 11) is -3.67. The molecule has 0 saturated carbocycles. The Hall–Kier alpha value is -4.35. The topological polar surface area (TPSA) is 123 Å². The van der Waals surface area contributed by atoms with Crippen molar-refractivity contribution < 1.29 is 22.7 Å². The molecule has 2 aromatic heterocycles. The summed E-state index contributed by atoms with van der Waals surface area (Å²) in [5.74, 6) is 0.530. The van der Waals surface area contributed by atoms with E-state index in [2.05, 4.69) is 15.3 Å². The SMILES string of the molecule is CC(C)(C)OC(=O)NC1CCN(S(=O)(=O)c2ccc(-c3ccc(C(=O)c4ccc(-n5ccnc5)nc4)cc3)cc2)CC1. The molecule has 0 bridgehead atoms. The number of pyridine rings is 1. The van der Waals surface area contributed by atoms with E-state index in [4.69, 9.17) is 4.74 Å². The van der Waals surface area contributed by atoms with E-state index in [1.807, 2.05) is 12.1 Å². The van der Waals surface area contributed by atoms with Crippen LogP contribution in [0.15, 0.2) is 90.5 Å². The Morgan fingerprint density at radius 3 is 2.07 bits per heavy atom. The van der Waals surface area contributed by atoms with Crippen molar-refractivity contribution in [3.05, 3.63) is 96.7 Å². The summed E-state index contributed by atoms with van der Waals surface area (Å²) in [6.45, 7) is 6.01. The number of aromatic nitrogens is 3. The van der Waals surface area contributed by atoms with E-state index >= 15 is 0 Å². The van der Waals surface area contributed by atoms with E-state index in [1.54, 1.807) is 98.8 Å². The largest absolute Gasteiger partial charge is 0.444 e. The smallest absolute Gasteiger partial charge is 0.407 e. The van der Waals surface area contributed by atoms with E-state index in [9.17, 15) is 18.0 Å². The second-order valence-corrected chi connectivity index (χ2v) is 13.1. The van der Waals surface area contributed by atoms with E-state index in [0.717, 1.165) is 11.1 Å². The Morgan fingerprint density at radius 1 is 0.905 bits per heavy atom. The fourth-order valence-electron chi connectivity index (χ4n) is 4.73. The Balaban J connectivity index is 1.19. The molecule has 0 unspecified atom stereocenters. The molecule has 10 nitrogen and oxygen atoms in total. The third kappa shape index (κ3) is 6.75. The van der Waals surface area contributed by atoms with Crippen LogP contribution in [-0.4, -0.2) is 63.9 Å². The lowest BCUT2D eigenvalue weighted by Crippen LogP contribution is -2.47. The maximum atomic E-state index is 13.3. The molecule has 0 spiro atoms. The molecule has 0 aliphatic carbocycles. The van der Waals surface area contributed by atoms with Gasteiger partial charge in [0.25, 0.3) is 0 Å². The summed E-state index contributed by atoms with van der Waals surface area (Å²) in [6, 6.07) is 17.3. The van der Waals surface area contributed by atoms with Crippen LogP contribution in [-0.2, 0) is 14.8 Å². The Labute approximate surface area is 245 Å². The number of carbonyl (C=O) groups is 2. The van der Waals surface area contributed by atoms with Crippen molar-refractivity contribution in [3.63, 3.8) is 0 Å². The second-order valence-electron chi connectivity index (χ2n) is 11.1. The summed E-state index contributed by atoms with van der Waals surface area (Å²) in [5, 5.41) is 2.83. The number of hydrogen-bond acceptors (Lipinski definition) is 7. The molecule has 3 heterocycles. The summed E-state index contributed by atoms with van der Waals surface area (Å²) in [5.41, 5.74) is 2.11. The van der Waals surface area contributed by atoms with Gasteiger partial charge in [-0.1, -0.05) is 36.4 Å². The third-order valence-electron chi connectivity index (χ3n) is 6.93. The van der Waals surface area contributed by atoms with Gasteiger partial charge >= 0.3 is 6.09 Å². The number of nitrogens with one attached hydrogen (secondary N) is 1. The predicted octanol–water partition coefficient (Wildman–Crippen LogP) is 4.84. The summed E-state index contributed by atoms with van der Waals surface area (Å²) >= 11 is 0. The molecule has 5 rings (SSSR count). The average molecular weight is 588 g/mol. The zero-order valence-corrected chi connectivity index (χ0v) is 24.5. The highest BCUT2D eigenvalue weighted by Crippen LogP contribution is 2.26. The number of nitrogens with zero attached hydrogens (tertiary/aromatic N) is 4. The maximum absolute atomic E-state index is 13.3. The van der Waals surface area contributed by atoms with Gasteiger partial charge in [-0.15, -0.1) is 0 Å². The van der Waals surface area contributed by atoms with Crippen LogP contribution in [0.2, 0.25) is 0 Å². The van der Waals surface area contributed by atoms with Gasteiger partial charge < -0.3 is 10.1 Å². The first-order chi connectivity index (χ1) is 20.0. The minimum Gasteiger partial charge on any atom is -0.444 e. The minimum atomic E-state index is -3.67. The fraction of sp³-hybridized carbons (Fsp3) is 0.290. The minimum absolute atomic E-state index is 0.138. The van der Waals surface area contributed by atoms with Gasteiger partial charge in [-0.2, -0.15) is 4.31 Å². The number of ketones is 1. The van der Waals surface area contributed by atoms with Gasteiger partial charge in [-0.25, -0.2) is 23.2 Å². The highest BCUT2D eigenvalue weighted by atomic mass is 32.2. The predicted molar refractivity (Wildman–Crippen MR) is 158 cm³/mol. The lowest BCUT2D eigenvalue weighted by Gasteiger charge is -2.32. The first-order valence-electron chi connectivity index (χ1n) is 13.7. The molecule has 1 aliphatic rings. The number of ether oxygens (including phenoxy) is 1. The Bertz CT molecular complexity index is 1640. The van der Waals surface area contributed by atoms with Crippen molar-refractivity contribution in [1.82, 2.24) is 24.2 Å². The maximum Gasteiger partial charge on any atom is 0.407 e. The van der Waals surface area contributed by atoms with Crippen LogP contribution >= 0.6 is 0 Å². The number of alkyl carbamates (subject to hydrolysis) is 1. The van der Waals surface area contributed by atoms with E-state index in [1.165, 1.54) is 4.31 Å². The molecule has 1 N–H and O–H groups in total. The number of carbonyl (C=O) groups excluding carboxylic acids is 2. The lowest BCUT2D eigenvalue weighted by molar-refractivity contribution is 0.0489. The third-order valence-corrected chi connectivity index (χ3v) is 8.84. The molecule has 42 heavy (non-hydrogen) atoms. The molecule has 1 aliphatic heterocycles. The van der Waals surface area contributed by atoms with Crippen LogP contribution in [0.25, 0.3) is 16.9 Å². The van der Waals surface area contributed by atoms with E-state index in [0.29, 0.717) is 42.9 Å². The van der Waals surface area contributed by atoms with Crippen LogP contribution in [0.5, 0.6) is 0 Å². The van der Waals surface area contributed by atoms with Crippen molar-refractivity contribution in [2.75, 3.05) is 13.1 Å². The summed E-state index contributed by atoms with van der Waals surface area (Å²) in [4.78, 5) is 33.6. The molecular weight excluding hydrogens is 554 g/mol. The first kappa shape index (κ1) is 29.2. The van der Waals surface area contributed by atoms with Crippen LogP contribution in [0.1, 0.15) is 49.5 Å². The summed E-state index contributed by atoms with van der Waals surface area (Å²) < 4.78 is 35.0. The van der Waals surface area contributed by atoms with Crippen molar-refractivity contribution >= 4 is 21.9 Å². The van der Waals surface area contributed by atoms with Crippen molar-refractivity contribution in [2.45, 2.75) is 50.2 Å². The fourth-order valence-corrected chi connectivity index (χ4v) is 6.20. The number of piperidine rings is 1. The van der Waals surface area contributed by atoms with Crippen LogP contribution < -0.4 is 5.32 Å². The average Bonchev–Trinajstić information content (AvgIpc) is 3.52. The molecule has 1 fully saturated rings. The zero-order chi connectivity index (χ0) is 29.9. The number of imidazole rings is 1. The molecule has 1 amide bonds. The number of benzene rings is 2. The molecule has 2 aromatic carbocycles. The zero-order valence-electron chi connectivity index (χ0n) is 23.7. The van der Waals surface area contributed by atoms with Crippen LogP contribution in [0, 0.1) is 0 Å². The molecule has 4 aromatic rings. The molecule has 218 valence electrons. The normalized spacial score (nSPS) is 14.8. The number of hydrogen-bond donors (Lipinski definition) is 1. The van der Waals surface area contributed by atoms with Gasteiger partial charge in [0.1, 0.15) is 17.7 Å². The highest BCUT2D eigenvalue weighted by molar-refractivity contribution is 7.89. The van der Waals surface area contributed by atoms with Crippen LogP contribution in [0.3, 0.4) is 0 Å². The van der Waals surface area contributed by atoms with Gasteiger partial charge in [0.15, 0.2) is 5.78 Å². The lowest BCUT2D eigenvalue weighted by atomic mass is 10.0. The van der Waals surface area contributed by atoms with Gasteiger partial charge in [-0.3, -0.25) is 9.36 Å². The van der Waals surface area contributed by atoms with Gasteiger partial charge in [0.05, 0.1) is 4.90 Å². The molecule has 1 saturated heterocycles. The molecule has 11 heteroatoms. The second kappa shape index (κ2) is 11.9. The van der Waals surface area contributed by atoms with E-state index < -0.39 is 21.7 Å². The van der Waals surface area contributed by atoms with Crippen molar-refractivity contribution in [3.8, 4) is 16.9 Å². The number of sulfonamides is 1. The van der Waals surface area contributed by atoms with Crippen LogP contribution in [0.4, 0.5) is 4.79 Å². The molecule has 0 atom stereocenters. The van der Waals surface area contributed by atoms with E-state index in [-0.39, 0.29) is 16.7 Å². The van der Waals surface area contributed by atoms with Crippen molar-refractivity contribution in [2.24, 2.45) is 0 Å². The van der Waals surface area contributed by atoms with Gasteiger partial charge in [0.2, 0.25) is 10.0 Å². The quantitative estimate of drug-likeness (QED) is 0.307. The number of amides is 1. The van der Waals surface area contributed by atoms with Gasteiger partial charge in [0, 0.05) is 48.8 Å². The van der Waals surface area contributed by atoms with Crippen molar-refractivity contribution in [1.29, 1.82) is 0 Å².